The van der Waals surface area contributed by atoms with Crippen molar-refractivity contribution < 1.29 is 19.3 Å². The number of rotatable bonds is 4. The minimum Gasteiger partial charge on any atom is -0.382 e. The van der Waals surface area contributed by atoms with E-state index in [1.165, 1.54) is 24.3 Å². The average Bonchev–Trinajstić information content (AvgIpc) is 3.33. The molecule has 1 spiro atoms. The predicted molar refractivity (Wildman–Crippen MR) is 112 cm³/mol. The number of amides is 1. The van der Waals surface area contributed by atoms with Gasteiger partial charge >= 0.3 is 0 Å². The lowest BCUT2D eigenvalue weighted by atomic mass is 9.69. The van der Waals surface area contributed by atoms with Gasteiger partial charge in [0.1, 0.15) is 5.71 Å². The van der Waals surface area contributed by atoms with Crippen molar-refractivity contribution in [2.75, 3.05) is 5.32 Å². The molecule has 152 valence electrons. The fourth-order valence-corrected chi connectivity index (χ4v) is 4.17. The molecule has 2 heterocycles. The summed E-state index contributed by atoms with van der Waals surface area (Å²) in [5, 5.41) is 18.0. The van der Waals surface area contributed by atoms with Crippen LogP contribution in [0.5, 0.6) is 0 Å². The highest BCUT2D eigenvalue weighted by Gasteiger charge is 2.63. The van der Waals surface area contributed by atoms with Crippen molar-refractivity contribution >= 4 is 28.8 Å². The molecular weight excluding hydrogens is 398 g/mol. The predicted octanol–water partition coefficient (Wildman–Crippen LogP) is 3.47. The summed E-state index contributed by atoms with van der Waals surface area (Å²) in [6.45, 7) is 0. The second kappa shape index (κ2) is 6.88. The van der Waals surface area contributed by atoms with Crippen molar-refractivity contribution in [3.63, 3.8) is 0 Å². The lowest BCUT2D eigenvalue weighted by molar-refractivity contribution is -0.384. The summed E-state index contributed by atoms with van der Waals surface area (Å²) in [5.41, 5.74) is 0.622. The van der Waals surface area contributed by atoms with Crippen LogP contribution in [0.15, 0.2) is 84.0 Å². The van der Waals surface area contributed by atoms with Crippen molar-refractivity contribution in [3.8, 4) is 0 Å². The summed E-state index contributed by atoms with van der Waals surface area (Å²) in [6, 6.07) is 21.3. The number of hydrogen-bond acceptors (Lipinski definition) is 6. The first kappa shape index (κ1) is 18.7. The molecule has 31 heavy (non-hydrogen) atoms. The quantitative estimate of drug-likeness (QED) is 0.400. The topological polar surface area (TPSA) is 111 Å². The molecule has 1 amide bonds. The third kappa shape index (κ3) is 2.65. The van der Waals surface area contributed by atoms with Crippen LogP contribution in [0.4, 0.5) is 11.4 Å². The molecule has 2 aliphatic rings. The summed E-state index contributed by atoms with van der Waals surface area (Å²) in [6.07, 6.45) is -1.22. The Balaban J connectivity index is 1.69. The Morgan fingerprint density at radius 2 is 1.68 bits per heavy atom. The van der Waals surface area contributed by atoms with E-state index in [-0.39, 0.29) is 17.2 Å². The third-order valence-corrected chi connectivity index (χ3v) is 5.62. The minimum absolute atomic E-state index is 0.0921. The summed E-state index contributed by atoms with van der Waals surface area (Å²) in [7, 11) is 0. The van der Waals surface area contributed by atoms with Gasteiger partial charge in [0.05, 0.1) is 4.92 Å². The van der Waals surface area contributed by atoms with Crippen LogP contribution in [-0.4, -0.2) is 28.4 Å². The number of nitro benzene ring substituents is 1. The van der Waals surface area contributed by atoms with Crippen LogP contribution in [0.2, 0.25) is 0 Å². The van der Waals surface area contributed by atoms with Gasteiger partial charge in [-0.15, -0.1) is 0 Å². The standard InChI is InChI=1S/C23H15N3O5/c27-19(14-6-2-1-3-7-14)21-23(17-8-4-5-9-18(17)24-22(23)28)20(25-31-21)15-10-12-16(13-11-15)26(29)30/h1-13,21H,(H,24,28). The molecule has 3 aromatic rings. The third-order valence-electron chi connectivity index (χ3n) is 5.62. The Kier molecular flexibility index (Phi) is 4.14. The number of non-ortho nitro benzene ring substituents is 1. The first-order valence-corrected chi connectivity index (χ1v) is 9.53. The van der Waals surface area contributed by atoms with Gasteiger partial charge in [0.2, 0.25) is 17.8 Å². The molecule has 3 aromatic carbocycles. The van der Waals surface area contributed by atoms with Gasteiger partial charge in [0, 0.05) is 34.5 Å². The van der Waals surface area contributed by atoms with Gasteiger partial charge in [0.25, 0.3) is 5.69 Å². The van der Waals surface area contributed by atoms with Gasteiger partial charge in [-0.05, 0) is 18.2 Å². The molecule has 0 aromatic heterocycles. The summed E-state index contributed by atoms with van der Waals surface area (Å²) in [5.74, 6) is -0.814. The van der Waals surface area contributed by atoms with Crippen molar-refractivity contribution in [2.45, 2.75) is 11.5 Å². The number of anilines is 1. The molecule has 8 nitrogen and oxygen atoms in total. The second-order valence-electron chi connectivity index (χ2n) is 7.27. The highest BCUT2D eigenvalue weighted by Crippen LogP contribution is 2.48. The molecule has 8 heteroatoms. The monoisotopic (exact) mass is 413 g/mol. The molecule has 0 bridgehead atoms. The lowest BCUT2D eigenvalue weighted by Gasteiger charge is -2.27. The molecule has 0 fully saturated rings. The molecular formula is C23H15N3O5. The van der Waals surface area contributed by atoms with Crippen LogP contribution in [0.1, 0.15) is 21.5 Å². The van der Waals surface area contributed by atoms with Crippen LogP contribution < -0.4 is 5.32 Å². The first-order valence-electron chi connectivity index (χ1n) is 9.53. The van der Waals surface area contributed by atoms with E-state index >= 15 is 0 Å². The number of nitro groups is 1. The van der Waals surface area contributed by atoms with E-state index in [4.69, 9.17) is 4.84 Å². The first-order chi connectivity index (χ1) is 15.0. The summed E-state index contributed by atoms with van der Waals surface area (Å²) in [4.78, 5) is 43.0. The average molecular weight is 413 g/mol. The zero-order valence-corrected chi connectivity index (χ0v) is 16.0. The zero-order valence-electron chi connectivity index (χ0n) is 16.0. The molecule has 0 saturated carbocycles. The number of nitrogens with one attached hydrogen (secondary N) is 1. The second-order valence-corrected chi connectivity index (χ2v) is 7.27. The van der Waals surface area contributed by atoms with Crippen LogP contribution in [0, 0.1) is 10.1 Å². The van der Waals surface area contributed by atoms with E-state index in [9.17, 15) is 19.7 Å². The van der Waals surface area contributed by atoms with Crippen molar-refractivity contribution in [2.24, 2.45) is 5.16 Å². The largest absolute Gasteiger partial charge is 0.382 e. The smallest absolute Gasteiger partial charge is 0.269 e. The molecule has 2 atom stereocenters. The number of nitrogens with zero attached hydrogens (tertiary/aromatic N) is 2. The van der Waals surface area contributed by atoms with E-state index < -0.39 is 22.3 Å². The Morgan fingerprint density at radius 1 is 1.00 bits per heavy atom. The molecule has 0 aliphatic carbocycles. The van der Waals surface area contributed by atoms with E-state index in [1.54, 1.807) is 54.6 Å². The molecule has 1 N–H and O–H groups in total. The summed E-state index contributed by atoms with van der Waals surface area (Å²) < 4.78 is 0. The van der Waals surface area contributed by atoms with Crippen molar-refractivity contribution in [3.05, 3.63) is 106 Å². The SMILES string of the molecule is O=C(c1ccccc1)C1ON=C(c2ccc([N+](=O)[O-])cc2)C12C(=O)Nc1ccccc12. The van der Waals surface area contributed by atoms with Crippen molar-refractivity contribution in [1.29, 1.82) is 0 Å². The lowest BCUT2D eigenvalue weighted by Crippen LogP contribution is -2.52. The summed E-state index contributed by atoms with van der Waals surface area (Å²) >= 11 is 0. The number of ketones is 1. The maximum absolute atomic E-state index is 13.4. The Hall–Kier alpha value is -4.33. The number of para-hydroxylation sites is 1. The maximum atomic E-state index is 13.4. The molecule has 0 radical (unpaired) electrons. The maximum Gasteiger partial charge on any atom is 0.269 e. The van der Waals surface area contributed by atoms with E-state index in [0.717, 1.165) is 0 Å². The van der Waals surface area contributed by atoms with Gasteiger partial charge in [-0.25, -0.2) is 0 Å². The molecule has 2 unspecified atom stereocenters. The highest BCUT2D eigenvalue weighted by atomic mass is 16.6. The number of carbonyl (C=O) groups excluding carboxylic acids is 2. The fourth-order valence-electron chi connectivity index (χ4n) is 4.17. The molecule has 0 saturated heterocycles. The van der Waals surface area contributed by atoms with Crippen LogP contribution in [0.25, 0.3) is 0 Å². The normalized spacial score (nSPS) is 21.2. The minimum atomic E-state index is -1.51. The number of Topliss-reactive ketones (excluding diaryl/α,β-unsaturated/α-hetero) is 1. The van der Waals surface area contributed by atoms with E-state index in [1.807, 2.05) is 0 Å². The Morgan fingerprint density at radius 3 is 2.39 bits per heavy atom. The number of oxime groups is 1. The molecule has 2 aliphatic heterocycles. The van der Waals surface area contributed by atoms with Crippen LogP contribution >= 0.6 is 0 Å². The Bertz CT molecular complexity index is 1250. The highest BCUT2D eigenvalue weighted by molar-refractivity contribution is 6.31. The number of carbonyl (C=O) groups is 2. The fraction of sp³-hybridized carbons (Fsp3) is 0.0870. The van der Waals surface area contributed by atoms with Gasteiger partial charge in [-0.1, -0.05) is 53.7 Å². The number of fused-ring (bicyclic) bond motifs is 2. The molecule has 5 rings (SSSR count). The number of benzene rings is 3. The van der Waals surface area contributed by atoms with Gasteiger partial charge in [-0.3, -0.25) is 19.7 Å². The van der Waals surface area contributed by atoms with Crippen LogP contribution in [0.3, 0.4) is 0 Å². The van der Waals surface area contributed by atoms with Gasteiger partial charge in [0.15, 0.2) is 5.41 Å². The van der Waals surface area contributed by atoms with Gasteiger partial charge in [-0.2, -0.15) is 0 Å². The van der Waals surface area contributed by atoms with Gasteiger partial charge < -0.3 is 10.2 Å². The van der Waals surface area contributed by atoms with E-state index in [0.29, 0.717) is 22.4 Å². The van der Waals surface area contributed by atoms with Crippen molar-refractivity contribution in [1.82, 2.24) is 0 Å². The Labute approximate surface area is 176 Å². The van der Waals surface area contributed by atoms with Crippen LogP contribution in [-0.2, 0) is 15.0 Å². The zero-order chi connectivity index (χ0) is 21.6. The number of hydrogen-bond donors (Lipinski definition) is 1. The van der Waals surface area contributed by atoms with E-state index in [2.05, 4.69) is 10.5 Å².